The Labute approximate surface area is 191 Å². The molecule has 1 aliphatic heterocycles. The summed E-state index contributed by atoms with van der Waals surface area (Å²) < 4.78 is 26.2. The summed E-state index contributed by atoms with van der Waals surface area (Å²) in [4.78, 5) is 15.0. The van der Waals surface area contributed by atoms with Crippen LogP contribution in [0.15, 0.2) is 65.8 Å². The summed E-state index contributed by atoms with van der Waals surface area (Å²) >= 11 is 1.35. The number of hydrogen-bond acceptors (Lipinski definition) is 6. The van der Waals surface area contributed by atoms with Crippen molar-refractivity contribution < 1.29 is 13.2 Å². The first-order valence-electron chi connectivity index (χ1n) is 10.7. The van der Waals surface area contributed by atoms with Gasteiger partial charge < -0.3 is 4.90 Å². The van der Waals surface area contributed by atoms with Gasteiger partial charge >= 0.3 is 0 Å². The number of anilines is 1. The second kappa shape index (κ2) is 8.71. The molecule has 0 radical (unpaired) electrons. The molecule has 9 heteroatoms. The molecular formula is C23H24N4O3S2. The highest BCUT2D eigenvalue weighted by molar-refractivity contribution is 7.99. The minimum Gasteiger partial charge on any atom is -0.308 e. The standard InChI is InChI=1S/C23H24N4O3S2/c28-21(26(18-7-3-1-4-8-18)20-13-14-32(29,30)16-20)15-31-23-25-24-22(17-11-12-17)27(23)19-9-5-2-6-10-19/h1-10,17,20H,11-16H2/t20-/m0/s1. The Morgan fingerprint density at radius 2 is 1.69 bits per heavy atom. The van der Waals surface area contributed by atoms with Crippen LogP contribution in [0.4, 0.5) is 5.69 Å². The number of rotatable bonds is 7. The third-order valence-corrected chi connectivity index (χ3v) is 8.48. The van der Waals surface area contributed by atoms with Gasteiger partial charge in [0.25, 0.3) is 0 Å². The maximum absolute atomic E-state index is 13.4. The van der Waals surface area contributed by atoms with Crippen LogP contribution in [-0.2, 0) is 14.6 Å². The highest BCUT2D eigenvalue weighted by Crippen LogP contribution is 2.41. The van der Waals surface area contributed by atoms with E-state index in [9.17, 15) is 13.2 Å². The van der Waals surface area contributed by atoms with Crippen molar-refractivity contribution in [2.24, 2.45) is 0 Å². The predicted octanol–water partition coefficient (Wildman–Crippen LogP) is 3.46. The predicted molar refractivity (Wildman–Crippen MR) is 125 cm³/mol. The van der Waals surface area contributed by atoms with Crippen LogP contribution in [-0.4, -0.2) is 52.4 Å². The van der Waals surface area contributed by atoms with Gasteiger partial charge in [0.05, 0.1) is 23.3 Å². The van der Waals surface area contributed by atoms with Crippen LogP contribution < -0.4 is 4.90 Å². The van der Waals surface area contributed by atoms with Gasteiger partial charge in [-0.1, -0.05) is 48.2 Å². The number of amides is 1. The van der Waals surface area contributed by atoms with E-state index in [0.717, 1.165) is 30.0 Å². The summed E-state index contributed by atoms with van der Waals surface area (Å²) in [6.07, 6.45) is 2.67. The number of thioether (sulfide) groups is 1. The summed E-state index contributed by atoms with van der Waals surface area (Å²) in [6.45, 7) is 0. The second-order valence-electron chi connectivity index (χ2n) is 8.23. The Morgan fingerprint density at radius 1 is 1.00 bits per heavy atom. The van der Waals surface area contributed by atoms with Crippen molar-refractivity contribution in [3.8, 4) is 5.69 Å². The zero-order valence-electron chi connectivity index (χ0n) is 17.5. The van der Waals surface area contributed by atoms with Crippen molar-refractivity contribution in [3.05, 3.63) is 66.5 Å². The fourth-order valence-corrected chi connectivity index (χ4v) is 6.64. The van der Waals surface area contributed by atoms with E-state index in [1.54, 1.807) is 4.90 Å². The van der Waals surface area contributed by atoms with Crippen LogP contribution in [0.25, 0.3) is 5.69 Å². The maximum Gasteiger partial charge on any atom is 0.237 e. The Hall–Kier alpha value is -2.65. The molecule has 1 saturated carbocycles. The molecule has 1 saturated heterocycles. The molecule has 1 amide bonds. The van der Waals surface area contributed by atoms with Gasteiger partial charge in [-0.05, 0) is 43.5 Å². The third-order valence-electron chi connectivity index (χ3n) is 5.82. The van der Waals surface area contributed by atoms with Crippen molar-refractivity contribution in [2.45, 2.75) is 36.4 Å². The molecule has 1 atom stereocenters. The number of carbonyl (C=O) groups is 1. The molecule has 32 heavy (non-hydrogen) atoms. The Bertz CT molecular complexity index is 1210. The Morgan fingerprint density at radius 3 is 2.31 bits per heavy atom. The lowest BCUT2D eigenvalue weighted by Crippen LogP contribution is -2.42. The van der Waals surface area contributed by atoms with Gasteiger partial charge in [-0.3, -0.25) is 9.36 Å². The average Bonchev–Trinajstić information content (AvgIpc) is 3.46. The fourth-order valence-electron chi connectivity index (χ4n) is 4.12. The van der Waals surface area contributed by atoms with Gasteiger partial charge in [0.2, 0.25) is 5.91 Å². The van der Waals surface area contributed by atoms with Crippen molar-refractivity contribution in [1.82, 2.24) is 14.8 Å². The molecule has 0 unspecified atom stereocenters. The minimum absolute atomic E-state index is 0.00429. The molecule has 0 N–H and O–H groups in total. The average molecular weight is 469 g/mol. The van der Waals surface area contributed by atoms with Crippen molar-refractivity contribution in [1.29, 1.82) is 0 Å². The molecule has 1 aromatic heterocycles. The van der Waals surface area contributed by atoms with Crippen LogP contribution in [0.1, 0.15) is 31.0 Å². The maximum atomic E-state index is 13.4. The first-order chi connectivity index (χ1) is 15.5. The largest absolute Gasteiger partial charge is 0.308 e. The van der Waals surface area contributed by atoms with Crippen molar-refractivity contribution in [3.63, 3.8) is 0 Å². The quantitative estimate of drug-likeness (QED) is 0.494. The zero-order chi connectivity index (χ0) is 22.1. The van der Waals surface area contributed by atoms with Crippen LogP contribution in [0.3, 0.4) is 0 Å². The van der Waals surface area contributed by atoms with Gasteiger partial charge in [0.1, 0.15) is 5.82 Å². The Balaban J connectivity index is 1.39. The number of benzene rings is 2. The van der Waals surface area contributed by atoms with Gasteiger partial charge in [-0.25, -0.2) is 8.42 Å². The molecule has 2 aromatic carbocycles. The van der Waals surface area contributed by atoms with Gasteiger partial charge in [0, 0.05) is 17.3 Å². The number of hydrogen-bond donors (Lipinski definition) is 0. The lowest BCUT2D eigenvalue weighted by molar-refractivity contribution is -0.116. The van der Waals surface area contributed by atoms with Crippen LogP contribution in [0.5, 0.6) is 0 Å². The normalized spacial score (nSPS) is 19.7. The summed E-state index contributed by atoms with van der Waals surface area (Å²) in [5.41, 5.74) is 1.71. The summed E-state index contributed by atoms with van der Waals surface area (Å²) in [5, 5.41) is 9.49. The minimum atomic E-state index is -3.12. The lowest BCUT2D eigenvalue weighted by atomic mass is 10.2. The van der Waals surface area contributed by atoms with E-state index < -0.39 is 9.84 Å². The van der Waals surface area contributed by atoms with E-state index in [-0.39, 0.29) is 29.2 Å². The summed E-state index contributed by atoms with van der Waals surface area (Å²) in [7, 11) is -3.12. The van der Waals surface area contributed by atoms with Crippen molar-refractivity contribution >= 4 is 33.2 Å². The fraction of sp³-hybridized carbons (Fsp3) is 0.348. The number of aromatic nitrogens is 3. The zero-order valence-corrected chi connectivity index (χ0v) is 19.1. The van der Waals surface area contributed by atoms with E-state index >= 15 is 0 Å². The third kappa shape index (κ3) is 4.45. The molecule has 0 bridgehead atoms. The molecule has 5 rings (SSSR count). The first-order valence-corrected chi connectivity index (χ1v) is 13.5. The SMILES string of the molecule is O=C(CSc1nnc(C2CC2)n1-c1ccccc1)N(c1ccccc1)[C@H]1CCS(=O)(=O)C1. The van der Waals surface area contributed by atoms with Gasteiger partial charge in [-0.15, -0.1) is 10.2 Å². The smallest absolute Gasteiger partial charge is 0.237 e. The molecule has 2 heterocycles. The molecule has 7 nitrogen and oxygen atoms in total. The van der Waals surface area contributed by atoms with E-state index in [1.807, 2.05) is 65.2 Å². The Kier molecular flexibility index (Phi) is 5.77. The summed E-state index contributed by atoms with van der Waals surface area (Å²) in [5.74, 6) is 1.50. The topological polar surface area (TPSA) is 85.2 Å². The highest BCUT2D eigenvalue weighted by atomic mass is 32.2. The van der Waals surface area contributed by atoms with E-state index in [0.29, 0.717) is 17.5 Å². The van der Waals surface area contributed by atoms with Crippen LogP contribution in [0.2, 0.25) is 0 Å². The molecule has 166 valence electrons. The number of para-hydroxylation sites is 2. The molecular weight excluding hydrogens is 444 g/mol. The molecule has 0 spiro atoms. The van der Waals surface area contributed by atoms with Crippen LogP contribution in [0, 0.1) is 0 Å². The molecule has 2 aliphatic rings. The molecule has 3 aromatic rings. The van der Waals surface area contributed by atoms with Gasteiger partial charge in [-0.2, -0.15) is 0 Å². The van der Waals surface area contributed by atoms with Crippen LogP contribution >= 0.6 is 11.8 Å². The monoisotopic (exact) mass is 468 g/mol. The van der Waals surface area contributed by atoms with E-state index in [1.165, 1.54) is 11.8 Å². The number of carbonyl (C=O) groups excluding carboxylic acids is 1. The number of sulfone groups is 1. The molecule has 1 aliphatic carbocycles. The number of nitrogens with zero attached hydrogens (tertiary/aromatic N) is 4. The summed E-state index contributed by atoms with van der Waals surface area (Å²) in [6, 6.07) is 18.9. The van der Waals surface area contributed by atoms with Crippen molar-refractivity contribution in [2.75, 3.05) is 22.2 Å². The molecule has 2 fully saturated rings. The van der Waals surface area contributed by atoms with E-state index in [4.69, 9.17) is 0 Å². The van der Waals surface area contributed by atoms with E-state index in [2.05, 4.69) is 10.2 Å². The second-order valence-corrected chi connectivity index (χ2v) is 11.4. The highest BCUT2D eigenvalue weighted by Gasteiger charge is 2.36. The first kappa shape index (κ1) is 21.2. The van der Waals surface area contributed by atoms with Gasteiger partial charge in [0.15, 0.2) is 15.0 Å². The lowest BCUT2D eigenvalue weighted by Gasteiger charge is -2.28.